The number of nitrogens with zero attached hydrogens (tertiary/aromatic N) is 1. The summed E-state index contributed by atoms with van der Waals surface area (Å²) < 4.78 is 5.15. The molecular formula is C15H11Cl2NO4S. The Morgan fingerprint density at radius 3 is 2.57 bits per heavy atom. The number of nitro benzene ring substituents is 1. The van der Waals surface area contributed by atoms with Crippen LogP contribution in [0.25, 0.3) is 0 Å². The minimum Gasteiger partial charge on any atom is -0.457 e. The van der Waals surface area contributed by atoms with Gasteiger partial charge in [0.25, 0.3) is 5.69 Å². The molecule has 2 aromatic carbocycles. The number of benzene rings is 2. The second-order valence-corrected chi connectivity index (χ2v) is 6.13. The van der Waals surface area contributed by atoms with Crippen molar-refractivity contribution in [3.8, 4) is 0 Å². The Bertz CT molecular complexity index is 767. The lowest BCUT2D eigenvalue weighted by Gasteiger charge is -2.07. The van der Waals surface area contributed by atoms with Crippen LogP contribution in [-0.4, -0.2) is 17.1 Å². The van der Waals surface area contributed by atoms with Crippen molar-refractivity contribution in [1.29, 1.82) is 0 Å². The Morgan fingerprint density at radius 1 is 1.22 bits per heavy atom. The van der Waals surface area contributed by atoms with Crippen LogP contribution in [0.3, 0.4) is 0 Å². The smallest absolute Gasteiger partial charge is 0.338 e. The zero-order valence-corrected chi connectivity index (χ0v) is 14.2. The molecule has 0 spiro atoms. The Kier molecular flexibility index (Phi) is 5.87. The average Bonchev–Trinajstić information content (AvgIpc) is 2.54. The SMILES string of the molecule is CSc1ccc(C(=O)OCc2ccc(Cl)c(Cl)c2)cc1[N+](=O)[O-]. The summed E-state index contributed by atoms with van der Waals surface area (Å²) in [5, 5.41) is 11.8. The molecule has 0 saturated heterocycles. The second-order valence-electron chi connectivity index (χ2n) is 4.47. The summed E-state index contributed by atoms with van der Waals surface area (Å²) in [7, 11) is 0. The monoisotopic (exact) mass is 371 g/mol. The number of hydrogen-bond donors (Lipinski definition) is 0. The molecule has 0 N–H and O–H groups in total. The minimum absolute atomic E-state index is 0.00615. The fourth-order valence-corrected chi connectivity index (χ4v) is 2.69. The number of ether oxygens (including phenoxy) is 1. The van der Waals surface area contributed by atoms with Crippen molar-refractivity contribution in [2.24, 2.45) is 0 Å². The predicted molar refractivity (Wildman–Crippen MR) is 90.5 cm³/mol. The molecule has 0 unspecified atom stereocenters. The van der Waals surface area contributed by atoms with Crippen LogP contribution in [0.2, 0.25) is 10.0 Å². The first kappa shape index (κ1) is 17.6. The van der Waals surface area contributed by atoms with Crippen LogP contribution in [0.15, 0.2) is 41.3 Å². The Hall–Kier alpha value is -1.76. The van der Waals surface area contributed by atoms with Crippen molar-refractivity contribution in [3.63, 3.8) is 0 Å². The van der Waals surface area contributed by atoms with Crippen LogP contribution in [0, 0.1) is 10.1 Å². The third kappa shape index (κ3) is 4.37. The number of thioether (sulfide) groups is 1. The number of carbonyl (C=O) groups is 1. The maximum Gasteiger partial charge on any atom is 0.338 e. The van der Waals surface area contributed by atoms with Crippen molar-refractivity contribution in [2.75, 3.05) is 6.26 Å². The largest absolute Gasteiger partial charge is 0.457 e. The van der Waals surface area contributed by atoms with Crippen molar-refractivity contribution in [1.82, 2.24) is 0 Å². The van der Waals surface area contributed by atoms with Crippen molar-refractivity contribution in [2.45, 2.75) is 11.5 Å². The third-order valence-corrected chi connectivity index (χ3v) is 4.49. The van der Waals surface area contributed by atoms with Gasteiger partial charge in [-0.3, -0.25) is 10.1 Å². The van der Waals surface area contributed by atoms with Crippen LogP contribution in [0.1, 0.15) is 15.9 Å². The van der Waals surface area contributed by atoms with Gasteiger partial charge in [-0.05, 0) is 36.1 Å². The predicted octanol–water partition coefficient (Wildman–Crippen LogP) is 4.98. The molecular weight excluding hydrogens is 361 g/mol. The summed E-state index contributed by atoms with van der Waals surface area (Å²) in [4.78, 5) is 23.0. The van der Waals surface area contributed by atoms with Gasteiger partial charge in [-0.1, -0.05) is 29.3 Å². The topological polar surface area (TPSA) is 69.4 Å². The Morgan fingerprint density at radius 2 is 1.96 bits per heavy atom. The fraction of sp³-hybridized carbons (Fsp3) is 0.133. The van der Waals surface area contributed by atoms with Crippen LogP contribution < -0.4 is 0 Å². The van der Waals surface area contributed by atoms with Crippen LogP contribution in [0.4, 0.5) is 5.69 Å². The summed E-state index contributed by atoms with van der Waals surface area (Å²) in [5.74, 6) is -0.646. The highest BCUT2D eigenvalue weighted by atomic mass is 35.5. The third-order valence-electron chi connectivity index (χ3n) is 2.97. The van der Waals surface area contributed by atoms with Gasteiger partial charge >= 0.3 is 5.97 Å². The molecule has 0 bridgehead atoms. The maximum atomic E-state index is 12.0. The standard InChI is InChI=1S/C15H11Cl2NO4S/c1-23-14-5-3-10(7-13(14)18(20)21)15(19)22-8-9-2-4-11(16)12(17)6-9/h2-7H,8H2,1H3. The molecule has 2 aromatic rings. The summed E-state index contributed by atoms with van der Waals surface area (Å²) in [5.41, 5.74) is 0.666. The molecule has 5 nitrogen and oxygen atoms in total. The Labute approximate surface area is 146 Å². The molecule has 0 radical (unpaired) electrons. The van der Waals surface area contributed by atoms with Gasteiger partial charge in [0.05, 0.1) is 25.4 Å². The van der Waals surface area contributed by atoms with Crippen LogP contribution in [-0.2, 0) is 11.3 Å². The minimum atomic E-state index is -0.646. The number of halogens is 2. The Balaban J connectivity index is 2.13. The van der Waals surface area contributed by atoms with E-state index in [9.17, 15) is 14.9 Å². The van der Waals surface area contributed by atoms with Gasteiger partial charge in [-0.25, -0.2) is 4.79 Å². The number of esters is 1. The van der Waals surface area contributed by atoms with Gasteiger partial charge in [-0.15, -0.1) is 11.8 Å². The fourth-order valence-electron chi connectivity index (χ4n) is 1.82. The molecule has 0 aliphatic carbocycles. The first-order chi connectivity index (χ1) is 10.9. The van der Waals surface area contributed by atoms with Crippen molar-refractivity contribution < 1.29 is 14.5 Å². The molecule has 0 aromatic heterocycles. The summed E-state index contributed by atoms with van der Waals surface area (Å²) >= 11 is 12.9. The zero-order chi connectivity index (χ0) is 17.0. The molecule has 0 atom stereocenters. The molecule has 0 aliphatic rings. The van der Waals surface area contributed by atoms with Gasteiger partial charge in [0.15, 0.2) is 0 Å². The van der Waals surface area contributed by atoms with E-state index in [0.717, 1.165) is 0 Å². The normalized spacial score (nSPS) is 10.4. The molecule has 23 heavy (non-hydrogen) atoms. The summed E-state index contributed by atoms with van der Waals surface area (Å²) in [6, 6.07) is 9.11. The quantitative estimate of drug-likeness (QED) is 0.320. The van der Waals surface area contributed by atoms with E-state index in [1.54, 1.807) is 24.5 Å². The molecule has 0 fully saturated rings. The van der Waals surface area contributed by atoms with E-state index < -0.39 is 10.9 Å². The maximum absolute atomic E-state index is 12.0. The van der Waals surface area contributed by atoms with Gasteiger partial charge in [0.2, 0.25) is 0 Å². The highest BCUT2D eigenvalue weighted by molar-refractivity contribution is 7.98. The molecule has 120 valence electrons. The lowest BCUT2D eigenvalue weighted by atomic mass is 10.2. The van der Waals surface area contributed by atoms with E-state index in [4.69, 9.17) is 27.9 Å². The zero-order valence-electron chi connectivity index (χ0n) is 11.9. The second kappa shape index (κ2) is 7.68. The van der Waals surface area contributed by atoms with Gasteiger partial charge in [0.1, 0.15) is 6.61 Å². The van der Waals surface area contributed by atoms with Gasteiger partial charge < -0.3 is 4.74 Å². The summed E-state index contributed by atoms with van der Waals surface area (Å²) in [6.07, 6.45) is 1.73. The van der Waals surface area contributed by atoms with E-state index in [-0.39, 0.29) is 17.9 Å². The number of hydrogen-bond acceptors (Lipinski definition) is 5. The number of rotatable bonds is 5. The lowest BCUT2D eigenvalue weighted by molar-refractivity contribution is -0.387. The highest BCUT2D eigenvalue weighted by Gasteiger charge is 2.18. The number of nitro groups is 1. The molecule has 2 rings (SSSR count). The van der Waals surface area contributed by atoms with E-state index >= 15 is 0 Å². The molecule has 0 heterocycles. The van der Waals surface area contributed by atoms with E-state index in [0.29, 0.717) is 20.5 Å². The van der Waals surface area contributed by atoms with E-state index in [2.05, 4.69) is 0 Å². The highest BCUT2D eigenvalue weighted by Crippen LogP contribution is 2.28. The molecule has 0 saturated carbocycles. The van der Waals surface area contributed by atoms with E-state index in [1.807, 2.05) is 0 Å². The number of carbonyl (C=O) groups excluding carboxylic acids is 1. The first-order valence-electron chi connectivity index (χ1n) is 6.36. The van der Waals surface area contributed by atoms with Crippen molar-refractivity contribution in [3.05, 3.63) is 67.7 Å². The van der Waals surface area contributed by atoms with Crippen molar-refractivity contribution >= 4 is 46.6 Å². The first-order valence-corrected chi connectivity index (χ1v) is 8.34. The molecule has 0 aliphatic heterocycles. The summed E-state index contributed by atoms with van der Waals surface area (Å²) in [6.45, 7) is -0.00615. The lowest BCUT2D eigenvalue weighted by Crippen LogP contribution is -2.06. The molecule has 8 heteroatoms. The van der Waals surface area contributed by atoms with E-state index in [1.165, 1.54) is 30.0 Å². The van der Waals surface area contributed by atoms with Crippen LogP contribution in [0.5, 0.6) is 0 Å². The average molecular weight is 372 g/mol. The van der Waals surface area contributed by atoms with Gasteiger partial charge in [0, 0.05) is 6.07 Å². The van der Waals surface area contributed by atoms with Crippen LogP contribution >= 0.6 is 35.0 Å². The molecule has 0 amide bonds. The van der Waals surface area contributed by atoms with Gasteiger partial charge in [-0.2, -0.15) is 0 Å².